The summed E-state index contributed by atoms with van der Waals surface area (Å²) in [6.45, 7) is 7.12. The molecule has 1 amide bonds. The molecule has 3 aromatic rings. The number of amides is 1. The second kappa shape index (κ2) is 16.9. The van der Waals surface area contributed by atoms with Gasteiger partial charge < -0.3 is 23.8 Å². The van der Waals surface area contributed by atoms with Crippen molar-refractivity contribution in [2.45, 2.75) is 89.8 Å². The van der Waals surface area contributed by atoms with Crippen molar-refractivity contribution in [3.63, 3.8) is 0 Å². The first kappa shape index (κ1) is 40.0. The number of carbonyl (C=O) groups is 3. The third-order valence-corrected chi connectivity index (χ3v) is 10.4. The number of nitrogens with zero attached hydrogens (tertiary/aromatic N) is 1. The van der Waals surface area contributed by atoms with E-state index < -0.39 is 51.2 Å². The van der Waals surface area contributed by atoms with Gasteiger partial charge in [-0.1, -0.05) is 48.5 Å². The van der Waals surface area contributed by atoms with E-state index in [0.717, 1.165) is 28.6 Å². The largest absolute Gasteiger partial charge is 0.458 e. The highest BCUT2D eigenvalue weighted by molar-refractivity contribution is 7.88. The molecular formula is C40H49FN2O9S. The SMILES string of the molecule is CC(=O)OC(CC[C@H]1C(=O)N(c2ccc(CCCNS(C)(=O)=O)cc2)[C@@H]1c1ccc(CCC2(OC(C)=O)COC(C)(C)OC2)cc1)c1ccc(F)cc1. The van der Waals surface area contributed by atoms with Gasteiger partial charge in [-0.3, -0.25) is 14.4 Å². The summed E-state index contributed by atoms with van der Waals surface area (Å²) >= 11 is 0. The number of aryl methyl sites for hydroxylation is 2. The monoisotopic (exact) mass is 752 g/mol. The molecule has 2 aliphatic heterocycles. The van der Waals surface area contributed by atoms with Gasteiger partial charge in [0.05, 0.1) is 31.4 Å². The molecule has 5 rings (SSSR count). The topological polar surface area (TPSA) is 138 Å². The first-order valence-corrected chi connectivity index (χ1v) is 19.8. The number of esters is 2. The predicted molar refractivity (Wildman–Crippen MR) is 197 cm³/mol. The van der Waals surface area contributed by atoms with E-state index in [1.54, 1.807) is 17.0 Å². The summed E-state index contributed by atoms with van der Waals surface area (Å²) in [5.74, 6) is -2.50. The van der Waals surface area contributed by atoms with Crippen molar-refractivity contribution in [2.24, 2.45) is 5.92 Å². The van der Waals surface area contributed by atoms with Crippen LogP contribution in [0.5, 0.6) is 0 Å². The van der Waals surface area contributed by atoms with Crippen LogP contribution in [-0.4, -0.2) is 63.7 Å². The molecule has 1 N–H and O–H groups in total. The average molecular weight is 753 g/mol. The first-order valence-electron chi connectivity index (χ1n) is 17.9. The van der Waals surface area contributed by atoms with Crippen LogP contribution in [0.15, 0.2) is 72.8 Å². The summed E-state index contributed by atoms with van der Waals surface area (Å²) < 4.78 is 62.0. The molecule has 1 unspecified atom stereocenters. The number of nitrogens with one attached hydrogen (secondary N) is 1. The Hall–Kier alpha value is -4.17. The Morgan fingerprint density at radius 1 is 0.925 bits per heavy atom. The van der Waals surface area contributed by atoms with E-state index in [-0.39, 0.29) is 25.2 Å². The lowest BCUT2D eigenvalue weighted by atomic mass is 9.78. The zero-order valence-corrected chi connectivity index (χ0v) is 31.7. The molecule has 0 aliphatic carbocycles. The van der Waals surface area contributed by atoms with Gasteiger partial charge in [0.25, 0.3) is 0 Å². The van der Waals surface area contributed by atoms with Gasteiger partial charge in [0.2, 0.25) is 15.9 Å². The van der Waals surface area contributed by atoms with Crippen molar-refractivity contribution in [2.75, 3.05) is 30.9 Å². The van der Waals surface area contributed by atoms with Gasteiger partial charge in [-0.15, -0.1) is 0 Å². The fourth-order valence-corrected chi connectivity index (χ4v) is 7.40. The number of β-lactam (4-membered cyclic amide) rings is 1. The molecule has 13 heteroatoms. The van der Waals surface area contributed by atoms with Gasteiger partial charge in [0.15, 0.2) is 11.4 Å². The highest BCUT2D eigenvalue weighted by Crippen LogP contribution is 2.47. The zero-order chi connectivity index (χ0) is 38.4. The van der Waals surface area contributed by atoms with Crippen molar-refractivity contribution in [1.82, 2.24) is 4.72 Å². The molecule has 286 valence electrons. The van der Waals surface area contributed by atoms with Crippen LogP contribution in [0.2, 0.25) is 0 Å². The molecule has 2 fully saturated rings. The number of hydrogen-bond acceptors (Lipinski definition) is 9. The Kier molecular flexibility index (Phi) is 12.7. The highest BCUT2D eigenvalue weighted by atomic mass is 32.2. The summed E-state index contributed by atoms with van der Waals surface area (Å²) in [7, 11) is -3.25. The molecular weight excluding hydrogens is 704 g/mol. The Bertz CT molecular complexity index is 1840. The van der Waals surface area contributed by atoms with Crippen LogP contribution in [0, 0.1) is 11.7 Å². The lowest BCUT2D eigenvalue weighted by Crippen LogP contribution is -2.55. The summed E-state index contributed by atoms with van der Waals surface area (Å²) in [4.78, 5) is 39.7. The molecule has 3 atom stereocenters. The van der Waals surface area contributed by atoms with Gasteiger partial charge >= 0.3 is 11.9 Å². The summed E-state index contributed by atoms with van der Waals surface area (Å²) in [5.41, 5.74) is 3.44. The highest BCUT2D eigenvalue weighted by Gasteiger charge is 2.49. The smallest absolute Gasteiger partial charge is 0.303 e. The van der Waals surface area contributed by atoms with Crippen LogP contribution in [0.3, 0.4) is 0 Å². The van der Waals surface area contributed by atoms with Crippen molar-refractivity contribution in [3.05, 3.63) is 101 Å². The molecule has 2 aliphatic rings. The van der Waals surface area contributed by atoms with Gasteiger partial charge in [-0.2, -0.15) is 0 Å². The van der Waals surface area contributed by atoms with Crippen LogP contribution >= 0.6 is 0 Å². The Labute approximate surface area is 311 Å². The van der Waals surface area contributed by atoms with Crippen molar-refractivity contribution in [1.29, 1.82) is 0 Å². The minimum atomic E-state index is -3.25. The lowest BCUT2D eigenvalue weighted by Gasteiger charge is -2.48. The van der Waals surface area contributed by atoms with Crippen LogP contribution in [0.4, 0.5) is 10.1 Å². The molecule has 0 radical (unpaired) electrons. The molecule has 0 saturated carbocycles. The fourth-order valence-electron chi connectivity index (χ4n) is 6.88. The Morgan fingerprint density at radius 2 is 1.53 bits per heavy atom. The maximum absolute atomic E-state index is 13.9. The molecule has 3 aromatic carbocycles. The molecule has 0 aromatic heterocycles. The Balaban J connectivity index is 1.34. The maximum atomic E-state index is 13.9. The number of halogens is 1. The Morgan fingerprint density at radius 3 is 2.11 bits per heavy atom. The normalized spacial score (nSPS) is 20.0. The van der Waals surface area contributed by atoms with Gasteiger partial charge in [-0.05, 0) is 98.9 Å². The van der Waals surface area contributed by atoms with E-state index in [0.29, 0.717) is 50.6 Å². The van der Waals surface area contributed by atoms with E-state index in [4.69, 9.17) is 18.9 Å². The van der Waals surface area contributed by atoms with E-state index in [1.165, 1.54) is 26.0 Å². The van der Waals surface area contributed by atoms with Crippen molar-refractivity contribution >= 4 is 33.6 Å². The minimum absolute atomic E-state index is 0.0617. The number of anilines is 1. The number of hydrogen-bond donors (Lipinski definition) is 1. The molecule has 11 nitrogen and oxygen atoms in total. The number of rotatable bonds is 16. The third-order valence-electron chi connectivity index (χ3n) is 9.64. The summed E-state index contributed by atoms with van der Waals surface area (Å²) in [6.07, 6.45) is 3.66. The first-order chi connectivity index (χ1) is 25.0. The van der Waals surface area contributed by atoms with Gasteiger partial charge in [0.1, 0.15) is 11.9 Å². The number of ether oxygens (including phenoxy) is 4. The van der Waals surface area contributed by atoms with E-state index in [1.807, 2.05) is 62.4 Å². The van der Waals surface area contributed by atoms with Crippen LogP contribution in [-0.2, 0) is 56.2 Å². The van der Waals surface area contributed by atoms with Gasteiger partial charge in [0, 0.05) is 26.1 Å². The van der Waals surface area contributed by atoms with Crippen LogP contribution in [0.1, 0.15) is 87.8 Å². The quantitative estimate of drug-likeness (QED) is 0.104. The molecule has 0 spiro atoms. The van der Waals surface area contributed by atoms with Crippen molar-refractivity contribution in [3.8, 4) is 0 Å². The number of benzene rings is 3. The lowest BCUT2D eigenvalue weighted by molar-refractivity contribution is -0.305. The van der Waals surface area contributed by atoms with Crippen LogP contribution in [0.25, 0.3) is 0 Å². The summed E-state index contributed by atoms with van der Waals surface area (Å²) in [6, 6.07) is 21.2. The average Bonchev–Trinajstić information content (AvgIpc) is 3.09. The number of carbonyl (C=O) groups excluding carboxylic acids is 3. The maximum Gasteiger partial charge on any atom is 0.303 e. The second-order valence-electron chi connectivity index (χ2n) is 14.4. The van der Waals surface area contributed by atoms with E-state index >= 15 is 0 Å². The van der Waals surface area contributed by atoms with Gasteiger partial charge in [-0.25, -0.2) is 17.5 Å². The number of sulfonamides is 1. The third kappa shape index (κ3) is 10.9. The standard InChI is InChI=1S/C40H49FN2O9S/c1-27(44)51-36(31-14-16-33(41)17-15-31)21-20-35-37(43(38(35)46)34-18-10-29(11-19-34)7-6-24-42-53(5,47)48)32-12-8-30(9-13-32)22-23-40(52-28(2)45)25-49-39(3,4)50-26-40/h8-19,35-37,42H,6-7,20-26H2,1-5H3/t35-,36?,37-/m1/s1. The molecule has 53 heavy (non-hydrogen) atoms. The summed E-state index contributed by atoms with van der Waals surface area (Å²) in [5, 5.41) is 0. The minimum Gasteiger partial charge on any atom is -0.458 e. The van der Waals surface area contributed by atoms with Crippen molar-refractivity contribution < 1.29 is 46.1 Å². The fraction of sp³-hybridized carbons (Fsp3) is 0.475. The second-order valence-corrected chi connectivity index (χ2v) is 16.3. The molecule has 2 saturated heterocycles. The molecule has 0 bridgehead atoms. The zero-order valence-electron chi connectivity index (χ0n) is 30.9. The van der Waals surface area contributed by atoms with E-state index in [2.05, 4.69) is 4.72 Å². The van der Waals surface area contributed by atoms with Crippen LogP contribution < -0.4 is 9.62 Å². The predicted octanol–water partition coefficient (Wildman–Crippen LogP) is 6.11. The van der Waals surface area contributed by atoms with E-state index in [9.17, 15) is 27.2 Å². The molecule has 2 heterocycles.